The summed E-state index contributed by atoms with van der Waals surface area (Å²) in [6.07, 6.45) is 2.13. The molecule has 2 unspecified atom stereocenters. The van der Waals surface area contributed by atoms with Gasteiger partial charge >= 0.3 is 12.1 Å². The monoisotopic (exact) mass is 464 g/mol. The summed E-state index contributed by atoms with van der Waals surface area (Å²) in [5.41, 5.74) is -0.351. The standard InChI is InChI=1S/C25H31F3N2O3/c1-15-21-12-19-16(10-17(25(26,27)28)11-20(19)22(31)33-2)14-30(21)23(32)24(15)7-6-18(13-24)29-8-4-3-5-9-29/h10-11,15,18,21H,3-9,12-14H2,1-2H3/t15?,18-,21?,24+/m1/s1. The molecule has 1 aromatic rings. The van der Waals surface area contributed by atoms with E-state index in [0.717, 1.165) is 44.5 Å². The van der Waals surface area contributed by atoms with E-state index in [4.69, 9.17) is 4.74 Å². The zero-order valence-electron chi connectivity index (χ0n) is 19.2. The van der Waals surface area contributed by atoms with E-state index in [2.05, 4.69) is 11.8 Å². The SMILES string of the molecule is COC(=O)c1cc(C(F)(F)F)cc2c1CC1C(C)[C@@]3(CC[C@@H](N4CCCCC4)C3)C(=O)N1C2. The fourth-order valence-electron chi connectivity index (χ4n) is 6.96. The van der Waals surface area contributed by atoms with Crippen LogP contribution in [0.4, 0.5) is 13.2 Å². The maximum atomic E-state index is 13.8. The Morgan fingerprint density at radius 3 is 2.58 bits per heavy atom. The number of benzene rings is 1. The molecule has 3 fully saturated rings. The van der Waals surface area contributed by atoms with Crippen LogP contribution in [0.5, 0.6) is 0 Å². The molecule has 1 amide bonds. The number of methoxy groups -OCH3 is 1. The van der Waals surface area contributed by atoms with E-state index in [1.165, 1.54) is 26.4 Å². The topological polar surface area (TPSA) is 49.9 Å². The number of likely N-dealkylation sites (tertiary alicyclic amines) is 1. The number of carbonyl (C=O) groups excluding carboxylic acids is 2. The quantitative estimate of drug-likeness (QED) is 0.608. The van der Waals surface area contributed by atoms with Crippen molar-refractivity contribution in [2.24, 2.45) is 11.3 Å². The molecule has 3 aliphatic heterocycles. The van der Waals surface area contributed by atoms with Crippen LogP contribution in [-0.4, -0.2) is 54.0 Å². The van der Waals surface area contributed by atoms with Crippen molar-refractivity contribution in [3.63, 3.8) is 0 Å². The average Bonchev–Trinajstić information content (AvgIpc) is 3.34. The highest BCUT2D eigenvalue weighted by Gasteiger charge is 2.61. The van der Waals surface area contributed by atoms with E-state index in [1.54, 1.807) is 4.90 Å². The van der Waals surface area contributed by atoms with Crippen molar-refractivity contribution in [3.05, 3.63) is 34.4 Å². The number of nitrogens with zero attached hydrogens (tertiary/aromatic N) is 2. The van der Waals surface area contributed by atoms with Crippen molar-refractivity contribution in [2.75, 3.05) is 20.2 Å². The summed E-state index contributed by atoms with van der Waals surface area (Å²) in [7, 11) is 1.18. The fraction of sp³-hybridized carbons (Fsp3) is 0.680. The van der Waals surface area contributed by atoms with Gasteiger partial charge in [-0.15, -0.1) is 0 Å². The van der Waals surface area contributed by atoms with Gasteiger partial charge in [-0.3, -0.25) is 4.79 Å². The molecule has 0 bridgehead atoms. The molecule has 4 atom stereocenters. The van der Waals surface area contributed by atoms with Gasteiger partial charge in [0.25, 0.3) is 0 Å². The van der Waals surface area contributed by atoms with Gasteiger partial charge < -0.3 is 14.5 Å². The lowest BCUT2D eigenvalue weighted by Crippen LogP contribution is -2.41. The first-order valence-corrected chi connectivity index (χ1v) is 12.0. The Morgan fingerprint density at radius 1 is 1.18 bits per heavy atom. The molecule has 0 radical (unpaired) electrons. The normalized spacial score (nSPS) is 32.2. The van der Waals surface area contributed by atoms with Gasteiger partial charge in [0.15, 0.2) is 0 Å². The maximum absolute atomic E-state index is 13.8. The van der Waals surface area contributed by atoms with Crippen molar-refractivity contribution in [3.8, 4) is 0 Å². The lowest BCUT2D eigenvalue weighted by Gasteiger charge is -2.35. The van der Waals surface area contributed by atoms with E-state index in [-0.39, 0.29) is 30.0 Å². The first kappa shape index (κ1) is 22.7. The predicted octanol–water partition coefficient (Wildman–Crippen LogP) is 4.42. The highest BCUT2D eigenvalue weighted by atomic mass is 19.4. The third kappa shape index (κ3) is 3.56. The molecule has 8 heteroatoms. The first-order chi connectivity index (χ1) is 15.7. The van der Waals surface area contributed by atoms with Gasteiger partial charge in [-0.25, -0.2) is 4.79 Å². The number of rotatable bonds is 2. The van der Waals surface area contributed by atoms with Gasteiger partial charge in [0.1, 0.15) is 0 Å². The molecular weight excluding hydrogens is 433 g/mol. The largest absolute Gasteiger partial charge is 0.465 e. The van der Waals surface area contributed by atoms with Crippen molar-refractivity contribution in [2.45, 2.75) is 76.7 Å². The minimum absolute atomic E-state index is 0.0276. The number of amides is 1. The molecule has 0 aromatic heterocycles. The number of hydrogen-bond donors (Lipinski definition) is 0. The third-order valence-corrected chi connectivity index (χ3v) is 8.80. The Hall–Kier alpha value is -2.09. The molecule has 2 saturated heterocycles. The summed E-state index contributed by atoms with van der Waals surface area (Å²) in [5, 5.41) is 0. The number of hydrogen-bond acceptors (Lipinski definition) is 4. The van der Waals surface area contributed by atoms with Crippen LogP contribution in [0.15, 0.2) is 12.1 Å². The van der Waals surface area contributed by atoms with Crippen LogP contribution < -0.4 is 0 Å². The summed E-state index contributed by atoms with van der Waals surface area (Å²) < 4.78 is 45.4. The zero-order valence-corrected chi connectivity index (χ0v) is 19.2. The minimum Gasteiger partial charge on any atom is -0.465 e. The summed E-state index contributed by atoms with van der Waals surface area (Å²) in [4.78, 5) is 30.5. The van der Waals surface area contributed by atoms with Gasteiger partial charge in [0.05, 0.1) is 23.7 Å². The van der Waals surface area contributed by atoms with Gasteiger partial charge in [-0.2, -0.15) is 13.2 Å². The molecule has 0 N–H and O–H groups in total. The molecule has 5 nitrogen and oxygen atoms in total. The Kier molecular flexibility index (Phi) is 5.50. The Morgan fingerprint density at radius 2 is 1.91 bits per heavy atom. The van der Waals surface area contributed by atoms with Crippen molar-refractivity contribution in [1.82, 2.24) is 9.80 Å². The second kappa shape index (κ2) is 8.00. The first-order valence-electron chi connectivity index (χ1n) is 12.0. The number of piperidine rings is 1. The fourth-order valence-corrected chi connectivity index (χ4v) is 6.96. The molecule has 5 rings (SSSR count). The molecule has 4 aliphatic rings. The lowest BCUT2D eigenvalue weighted by molar-refractivity contribution is -0.138. The number of alkyl halides is 3. The van der Waals surface area contributed by atoms with E-state index in [1.807, 2.05) is 0 Å². The Bertz CT molecular complexity index is 972. The van der Waals surface area contributed by atoms with Crippen LogP contribution in [0.1, 0.15) is 72.5 Å². The van der Waals surface area contributed by atoms with Crippen LogP contribution >= 0.6 is 0 Å². The molecule has 1 spiro atoms. The number of carbonyl (C=O) groups is 2. The van der Waals surface area contributed by atoms with Crippen molar-refractivity contribution < 1.29 is 27.5 Å². The zero-order chi connectivity index (χ0) is 23.5. The van der Waals surface area contributed by atoms with Crippen molar-refractivity contribution >= 4 is 11.9 Å². The average molecular weight is 465 g/mol. The smallest absolute Gasteiger partial charge is 0.416 e. The van der Waals surface area contributed by atoms with E-state index in [9.17, 15) is 22.8 Å². The minimum atomic E-state index is -4.58. The summed E-state index contributed by atoms with van der Waals surface area (Å²) in [6, 6.07) is 2.30. The second-order valence-electron chi connectivity index (χ2n) is 10.3. The summed E-state index contributed by atoms with van der Waals surface area (Å²) in [6.45, 7) is 4.41. The van der Waals surface area contributed by atoms with Crippen LogP contribution in [0.25, 0.3) is 0 Å². The lowest BCUT2D eigenvalue weighted by atomic mass is 9.73. The van der Waals surface area contributed by atoms with E-state index < -0.39 is 23.1 Å². The summed E-state index contributed by atoms with van der Waals surface area (Å²) >= 11 is 0. The number of esters is 1. The van der Waals surface area contributed by atoms with Crippen LogP contribution in [-0.2, 0) is 28.7 Å². The maximum Gasteiger partial charge on any atom is 0.416 e. The highest BCUT2D eigenvalue weighted by molar-refractivity contribution is 5.92. The molecule has 180 valence electrons. The van der Waals surface area contributed by atoms with Crippen LogP contribution in [0.3, 0.4) is 0 Å². The van der Waals surface area contributed by atoms with Crippen molar-refractivity contribution in [1.29, 1.82) is 0 Å². The van der Waals surface area contributed by atoms with Gasteiger partial charge in [0, 0.05) is 18.6 Å². The van der Waals surface area contributed by atoms with Crippen LogP contribution in [0, 0.1) is 11.3 Å². The summed E-state index contributed by atoms with van der Waals surface area (Å²) in [5.74, 6) is -0.591. The Labute approximate surface area is 192 Å². The van der Waals surface area contributed by atoms with Crippen LogP contribution in [0.2, 0.25) is 0 Å². The van der Waals surface area contributed by atoms with Gasteiger partial charge in [-0.1, -0.05) is 13.3 Å². The molecule has 1 aliphatic carbocycles. The van der Waals surface area contributed by atoms with Gasteiger partial charge in [-0.05, 0) is 80.8 Å². The van der Waals surface area contributed by atoms with Gasteiger partial charge in [0.2, 0.25) is 5.91 Å². The second-order valence-corrected chi connectivity index (χ2v) is 10.3. The molecule has 1 aromatic carbocycles. The molecule has 1 saturated carbocycles. The third-order valence-electron chi connectivity index (χ3n) is 8.80. The van der Waals surface area contributed by atoms with E-state index in [0.29, 0.717) is 23.6 Å². The number of ether oxygens (including phenoxy) is 1. The Balaban J connectivity index is 1.47. The molecule has 33 heavy (non-hydrogen) atoms. The number of halogens is 3. The predicted molar refractivity (Wildman–Crippen MR) is 115 cm³/mol. The molecular formula is C25H31F3N2O3. The number of fused-ring (bicyclic) bond motifs is 2. The molecule has 3 heterocycles. The van der Waals surface area contributed by atoms with E-state index >= 15 is 0 Å². The highest BCUT2D eigenvalue weighted by Crippen LogP contribution is 2.55.